The molecule has 1 aliphatic rings. The SMILES string of the molecule is CC(C)n1nccc1NC(=O)N[C@@H](C[C@H]1CCOC1)c1ccccc1. The first-order valence-corrected chi connectivity index (χ1v) is 8.87. The van der Waals surface area contributed by atoms with Crippen molar-refractivity contribution in [1.82, 2.24) is 15.1 Å². The zero-order valence-electron chi connectivity index (χ0n) is 14.8. The van der Waals surface area contributed by atoms with Gasteiger partial charge in [-0.15, -0.1) is 0 Å². The summed E-state index contributed by atoms with van der Waals surface area (Å²) in [4.78, 5) is 12.5. The number of amides is 2. The van der Waals surface area contributed by atoms with Crippen LogP contribution in [0.15, 0.2) is 42.6 Å². The van der Waals surface area contributed by atoms with Gasteiger partial charge in [0.05, 0.1) is 12.2 Å². The van der Waals surface area contributed by atoms with Crippen LogP contribution in [0.5, 0.6) is 0 Å². The quantitative estimate of drug-likeness (QED) is 0.840. The summed E-state index contributed by atoms with van der Waals surface area (Å²) < 4.78 is 7.28. The molecule has 0 bridgehead atoms. The average Bonchev–Trinajstić information content (AvgIpc) is 3.27. The highest BCUT2D eigenvalue weighted by molar-refractivity contribution is 5.88. The molecule has 2 atom stereocenters. The van der Waals surface area contributed by atoms with Gasteiger partial charge in [0.25, 0.3) is 0 Å². The van der Waals surface area contributed by atoms with E-state index >= 15 is 0 Å². The zero-order chi connectivity index (χ0) is 17.6. The maximum absolute atomic E-state index is 12.5. The number of ether oxygens (including phenoxy) is 1. The zero-order valence-corrected chi connectivity index (χ0v) is 14.8. The number of hydrogen-bond donors (Lipinski definition) is 2. The fraction of sp³-hybridized carbons (Fsp3) is 0.474. The molecule has 1 saturated heterocycles. The summed E-state index contributed by atoms with van der Waals surface area (Å²) in [5.41, 5.74) is 1.11. The van der Waals surface area contributed by atoms with E-state index in [4.69, 9.17) is 4.74 Å². The number of nitrogens with one attached hydrogen (secondary N) is 2. The lowest BCUT2D eigenvalue weighted by Gasteiger charge is -2.22. The van der Waals surface area contributed by atoms with Crippen LogP contribution in [0.3, 0.4) is 0 Å². The maximum atomic E-state index is 12.5. The second-order valence-corrected chi connectivity index (χ2v) is 6.78. The molecule has 2 aromatic rings. The molecule has 1 fully saturated rings. The molecule has 2 N–H and O–H groups in total. The summed E-state index contributed by atoms with van der Waals surface area (Å²) in [5, 5.41) is 10.3. The standard InChI is InChI=1S/C19H26N4O2/c1-14(2)23-18(8-10-20-23)22-19(24)21-17(12-15-9-11-25-13-15)16-6-4-3-5-7-16/h3-8,10,14-15,17H,9,11-13H2,1-2H3,(H2,21,22,24)/t15-,17+/m1/s1. The summed E-state index contributed by atoms with van der Waals surface area (Å²) in [6, 6.07) is 11.8. The highest BCUT2D eigenvalue weighted by atomic mass is 16.5. The molecule has 6 nitrogen and oxygen atoms in total. The van der Waals surface area contributed by atoms with Gasteiger partial charge in [-0.3, -0.25) is 5.32 Å². The van der Waals surface area contributed by atoms with Gasteiger partial charge in [-0.25, -0.2) is 9.48 Å². The lowest BCUT2D eigenvalue weighted by molar-refractivity contribution is 0.181. The largest absolute Gasteiger partial charge is 0.381 e. The van der Waals surface area contributed by atoms with Gasteiger partial charge in [0.1, 0.15) is 5.82 Å². The van der Waals surface area contributed by atoms with Crippen LogP contribution >= 0.6 is 0 Å². The Hall–Kier alpha value is -2.34. The molecule has 2 amide bonds. The van der Waals surface area contributed by atoms with Crippen LogP contribution < -0.4 is 10.6 Å². The lowest BCUT2D eigenvalue weighted by atomic mass is 9.94. The molecule has 25 heavy (non-hydrogen) atoms. The van der Waals surface area contributed by atoms with Gasteiger partial charge in [0, 0.05) is 25.3 Å². The van der Waals surface area contributed by atoms with Crippen molar-refractivity contribution in [2.75, 3.05) is 18.5 Å². The molecular weight excluding hydrogens is 316 g/mol. The van der Waals surface area contributed by atoms with E-state index < -0.39 is 0 Å². The number of aromatic nitrogens is 2. The molecule has 0 unspecified atom stereocenters. The van der Waals surface area contributed by atoms with Gasteiger partial charge in [0.2, 0.25) is 0 Å². The second-order valence-electron chi connectivity index (χ2n) is 6.78. The number of benzene rings is 1. The number of carbonyl (C=O) groups is 1. The van der Waals surface area contributed by atoms with Crippen molar-refractivity contribution < 1.29 is 9.53 Å². The van der Waals surface area contributed by atoms with E-state index in [0.717, 1.165) is 31.6 Å². The Morgan fingerprint density at radius 2 is 2.12 bits per heavy atom. The molecule has 0 saturated carbocycles. The third kappa shape index (κ3) is 4.60. The second kappa shape index (κ2) is 8.16. The third-order valence-corrected chi connectivity index (χ3v) is 4.50. The van der Waals surface area contributed by atoms with Crippen LogP contribution in [0.2, 0.25) is 0 Å². The predicted molar refractivity (Wildman–Crippen MR) is 97.5 cm³/mol. The Bertz CT molecular complexity index is 678. The van der Waals surface area contributed by atoms with E-state index in [-0.39, 0.29) is 18.1 Å². The number of urea groups is 1. The first-order chi connectivity index (χ1) is 12.1. The van der Waals surface area contributed by atoms with E-state index in [1.54, 1.807) is 10.9 Å². The van der Waals surface area contributed by atoms with Crippen LogP contribution in [0.1, 0.15) is 44.3 Å². The normalized spacial score (nSPS) is 18.3. The van der Waals surface area contributed by atoms with Crippen LogP contribution in [-0.2, 0) is 4.74 Å². The molecular formula is C19H26N4O2. The molecule has 0 radical (unpaired) electrons. The van der Waals surface area contributed by atoms with E-state index in [1.165, 1.54) is 0 Å². The van der Waals surface area contributed by atoms with Crippen molar-refractivity contribution >= 4 is 11.8 Å². The van der Waals surface area contributed by atoms with Gasteiger partial charge in [-0.1, -0.05) is 30.3 Å². The lowest BCUT2D eigenvalue weighted by Crippen LogP contribution is -2.34. The predicted octanol–water partition coefficient (Wildman–Crippen LogP) is 3.75. The fourth-order valence-electron chi connectivity index (χ4n) is 3.20. The average molecular weight is 342 g/mol. The number of anilines is 1. The van der Waals surface area contributed by atoms with E-state index in [0.29, 0.717) is 11.7 Å². The topological polar surface area (TPSA) is 68.2 Å². The minimum Gasteiger partial charge on any atom is -0.381 e. The van der Waals surface area contributed by atoms with E-state index in [1.807, 2.05) is 38.1 Å². The first-order valence-electron chi connectivity index (χ1n) is 8.87. The number of carbonyl (C=O) groups excluding carboxylic acids is 1. The molecule has 3 rings (SSSR count). The summed E-state index contributed by atoms with van der Waals surface area (Å²) in [7, 11) is 0. The molecule has 0 aliphatic carbocycles. The highest BCUT2D eigenvalue weighted by Crippen LogP contribution is 2.26. The van der Waals surface area contributed by atoms with Crippen molar-refractivity contribution in [2.24, 2.45) is 5.92 Å². The van der Waals surface area contributed by atoms with E-state index in [9.17, 15) is 4.79 Å². The maximum Gasteiger partial charge on any atom is 0.320 e. The van der Waals surface area contributed by atoms with E-state index in [2.05, 4.69) is 27.9 Å². The molecule has 1 aromatic carbocycles. The van der Waals surface area contributed by atoms with Gasteiger partial charge in [-0.2, -0.15) is 5.10 Å². The Morgan fingerprint density at radius 1 is 1.32 bits per heavy atom. The van der Waals surface area contributed by atoms with Crippen LogP contribution in [0, 0.1) is 5.92 Å². The number of hydrogen-bond acceptors (Lipinski definition) is 3. The summed E-state index contributed by atoms with van der Waals surface area (Å²) in [6.07, 6.45) is 3.62. The van der Waals surface area contributed by atoms with Gasteiger partial charge >= 0.3 is 6.03 Å². The Morgan fingerprint density at radius 3 is 2.80 bits per heavy atom. The molecule has 0 spiro atoms. The van der Waals surface area contributed by atoms with Crippen LogP contribution in [0.4, 0.5) is 10.6 Å². The number of nitrogens with zero attached hydrogens (tertiary/aromatic N) is 2. The van der Waals surface area contributed by atoms with Crippen LogP contribution in [0.25, 0.3) is 0 Å². The van der Waals surface area contributed by atoms with Gasteiger partial charge < -0.3 is 10.1 Å². The smallest absolute Gasteiger partial charge is 0.320 e. The Labute approximate surface area is 148 Å². The Balaban J connectivity index is 1.68. The van der Waals surface area contributed by atoms with Crippen molar-refractivity contribution in [3.05, 3.63) is 48.2 Å². The summed E-state index contributed by atoms with van der Waals surface area (Å²) in [6.45, 7) is 5.64. The van der Waals surface area contributed by atoms with Crippen molar-refractivity contribution in [3.63, 3.8) is 0 Å². The third-order valence-electron chi connectivity index (χ3n) is 4.50. The molecule has 2 heterocycles. The van der Waals surface area contributed by atoms with Gasteiger partial charge in [-0.05, 0) is 38.2 Å². The van der Waals surface area contributed by atoms with Crippen molar-refractivity contribution in [2.45, 2.75) is 38.8 Å². The molecule has 1 aromatic heterocycles. The van der Waals surface area contributed by atoms with Crippen molar-refractivity contribution in [3.8, 4) is 0 Å². The summed E-state index contributed by atoms with van der Waals surface area (Å²) in [5.74, 6) is 1.18. The number of rotatable bonds is 6. The van der Waals surface area contributed by atoms with Gasteiger partial charge in [0.15, 0.2) is 0 Å². The summed E-state index contributed by atoms with van der Waals surface area (Å²) >= 11 is 0. The highest BCUT2D eigenvalue weighted by Gasteiger charge is 2.23. The van der Waals surface area contributed by atoms with Crippen LogP contribution in [-0.4, -0.2) is 29.0 Å². The molecule has 1 aliphatic heterocycles. The fourth-order valence-corrected chi connectivity index (χ4v) is 3.20. The Kier molecular flexibility index (Phi) is 5.71. The monoisotopic (exact) mass is 342 g/mol. The molecule has 6 heteroatoms. The first kappa shape index (κ1) is 17.5. The minimum atomic E-state index is -0.213. The minimum absolute atomic E-state index is 0.0386. The van der Waals surface area contributed by atoms with Crippen molar-refractivity contribution in [1.29, 1.82) is 0 Å². The molecule has 134 valence electrons.